The van der Waals surface area contributed by atoms with E-state index in [0.717, 1.165) is 32.1 Å². The van der Waals surface area contributed by atoms with Crippen LogP contribution in [0.25, 0.3) is 0 Å². The van der Waals surface area contributed by atoms with Crippen molar-refractivity contribution in [3.05, 3.63) is 35.9 Å². The average molecular weight is 222 g/mol. The maximum absolute atomic E-state index is 9.46. The molecule has 1 aromatic rings. The predicted molar refractivity (Wildman–Crippen MR) is 66.2 cm³/mol. The van der Waals surface area contributed by atoms with Crippen molar-refractivity contribution in [1.29, 1.82) is 0 Å². The van der Waals surface area contributed by atoms with Crippen LogP contribution in [0.3, 0.4) is 0 Å². The maximum Gasteiger partial charge on any atom is 0.154 e. The van der Waals surface area contributed by atoms with Crippen LogP contribution in [0, 0.1) is 0 Å². The Morgan fingerprint density at radius 1 is 1.19 bits per heavy atom. The van der Waals surface area contributed by atoms with Crippen LogP contribution in [0.15, 0.2) is 30.3 Å². The van der Waals surface area contributed by atoms with Crippen LogP contribution in [-0.2, 0) is 11.2 Å². The lowest BCUT2D eigenvalue weighted by atomic mass is 10.1. The first-order valence-electron chi connectivity index (χ1n) is 6.16. The zero-order valence-corrected chi connectivity index (χ0v) is 10.1. The summed E-state index contributed by atoms with van der Waals surface area (Å²) >= 11 is 0. The van der Waals surface area contributed by atoms with Gasteiger partial charge < -0.3 is 9.84 Å². The molecule has 0 amide bonds. The van der Waals surface area contributed by atoms with Crippen molar-refractivity contribution < 1.29 is 9.84 Å². The summed E-state index contributed by atoms with van der Waals surface area (Å²) in [5, 5.41) is 9.46. The number of hydrogen-bond donors (Lipinski definition) is 1. The molecule has 0 radical (unpaired) electrons. The van der Waals surface area contributed by atoms with Gasteiger partial charge in [-0.15, -0.1) is 0 Å². The number of benzene rings is 1. The minimum absolute atomic E-state index is 0.573. The van der Waals surface area contributed by atoms with Crippen molar-refractivity contribution in [2.75, 3.05) is 6.61 Å². The van der Waals surface area contributed by atoms with Crippen LogP contribution < -0.4 is 0 Å². The van der Waals surface area contributed by atoms with Gasteiger partial charge in [-0.2, -0.15) is 0 Å². The highest BCUT2D eigenvalue weighted by Gasteiger charge is 2.02. The van der Waals surface area contributed by atoms with Crippen LogP contribution in [-0.4, -0.2) is 18.0 Å². The van der Waals surface area contributed by atoms with Crippen LogP contribution >= 0.6 is 0 Å². The van der Waals surface area contributed by atoms with E-state index in [0.29, 0.717) is 6.61 Å². The molecule has 2 heteroatoms. The first kappa shape index (κ1) is 13.2. The zero-order valence-electron chi connectivity index (χ0n) is 10.1. The summed E-state index contributed by atoms with van der Waals surface area (Å²) in [4.78, 5) is 0. The van der Waals surface area contributed by atoms with Gasteiger partial charge in [0.25, 0.3) is 0 Å². The molecule has 1 N–H and O–H groups in total. The van der Waals surface area contributed by atoms with Crippen molar-refractivity contribution in [2.45, 2.75) is 45.3 Å². The normalized spacial score (nSPS) is 12.6. The molecule has 0 aliphatic rings. The largest absolute Gasteiger partial charge is 0.368 e. The number of aryl methyl sites for hydroxylation is 1. The summed E-state index contributed by atoms with van der Waals surface area (Å²) in [6, 6.07) is 10.4. The molecule has 2 nitrogen and oxygen atoms in total. The molecule has 0 saturated heterocycles. The Morgan fingerprint density at radius 2 is 1.94 bits per heavy atom. The second kappa shape index (κ2) is 8.31. The van der Waals surface area contributed by atoms with Crippen LogP contribution in [0.4, 0.5) is 0 Å². The molecule has 0 saturated carbocycles. The lowest BCUT2D eigenvalue weighted by Crippen LogP contribution is -2.12. The summed E-state index contributed by atoms with van der Waals surface area (Å²) in [6.45, 7) is 2.75. The van der Waals surface area contributed by atoms with Crippen LogP contribution in [0.5, 0.6) is 0 Å². The lowest BCUT2D eigenvalue weighted by molar-refractivity contribution is -0.104. The fourth-order valence-electron chi connectivity index (χ4n) is 1.60. The number of rotatable bonds is 8. The minimum atomic E-state index is -0.573. The SMILES string of the molecule is CCCCC(O)OCCCc1ccccc1. The minimum Gasteiger partial charge on any atom is -0.368 e. The first-order chi connectivity index (χ1) is 7.83. The standard InChI is InChI=1S/C14H22O2/c1-2-3-11-14(15)16-12-7-10-13-8-5-4-6-9-13/h4-6,8-9,14-15H,2-3,7,10-12H2,1H3. The van der Waals surface area contributed by atoms with Crippen molar-refractivity contribution in [2.24, 2.45) is 0 Å². The van der Waals surface area contributed by atoms with E-state index in [1.807, 2.05) is 18.2 Å². The topological polar surface area (TPSA) is 29.5 Å². The number of unbranched alkanes of at least 4 members (excludes halogenated alkanes) is 1. The zero-order chi connectivity index (χ0) is 11.6. The Hall–Kier alpha value is -0.860. The highest BCUT2D eigenvalue weighted by Crippen LogP contribution is 2.05. The van der Waals surface area contributed by atoms with E-state index in [1.54, 1.807) is 0 Å². The van der Waals surface area contributed by atoms with E-state index in [2.05, 4.69) is 19.1 Å². The third kappa shape index (κ3) is 5.89. The Kier molecular flexibility index (Phi) is 6.86. The molecule has 0 aliphatic heterocycles. The molecule has 0 bridgehead atoms. The summed E-state index contributed by atoms with van der Waals surface area (Å²) in [5.41, 5.74) is 1.33. The average Bonchev–Trinajstić information content (AvgIpc) is 2.33. The molecule has 1 aromatic carbocycles. The number of hydrogen-bond acceptors (Lipinski definition) is 2. The van der Waals surface area contributed by atoms with Gasteiger partial charge in [0.1, 0.15) is 0 Å². The smallest absolute Gasteiger partial charge is 0.154 e. The Morgan fingerprint density at radius 3 is 2.62 bits per heavy atom. The molecule has 0 spiro atoms. The van der Waals surface area contributed by atoms with Gasteiger partial charge in [-0.3, -0.25) is 0 Å². The van der Waals surface area contributed by atoms with Crippen LogP contribution in [0.1, 0.15) is 38.2 Å². The fourth-order valence-corrected chi connectivity index (χ4v) is 1.60. The summed E-state index contributed by atoms with van der Waals surface area (Å²) in [5.74, 6) is 0. The highest BCUT2D eigenvalue weighted by atomic mass is 16.6. The maximum atomic E-state index is 9.46. The molecular formula is C14H22O2. The molecule has 16 heavy (non-hydrogen) atoms. The number of ether oxygens (including phenoxy) is 1. The Labute approximate surface area is 98.3 Å². The second-order valence-electron chi connectivity index (χ2n) is 4.06. The molecular weight excluding hydrogens is 200 g/mol. The van der Waals surface area contributed by atoms with Gasteiger partial charge in [0.15, 0.2) is 6.29 Å². The van der Waals surface area contributed by atoms with Gasteiger partial charge >= 0.3 is 0 Å². The van der Waals surface area contributed by atoms with Gasteiger partial charge in [0.05, 0.1) is 6.61 Å². The Balaban J connectivity index is 2.03. The fraction of sp³-hybridized carbons (Fsp3) is 0.571. The van der Waals surface area contributed by atoms with Crippen molar-refractivity contribution in [3.63, 3.8) is 0 Å². The van der Waals surface area contributed by atoms with E-state index in [1.165, 1.54) is 5.56 Å². The van der Waals surface area contributed by atoms with Gasteiger partial charge in [-0.1, -0.05) is 43.7 Å². The van der Waals surface area contributed by atoms with E-state index in [-0.39, 0.29) is 0 Å². The lowest BCUT2D eigenvalue weighted by Gasteiger charge is -2.11. The monoisotopic (exact) mass is 222 g/mol. The van der Waals surface area contributed by atoms with Crippen LogP contribution in [0.2, 0.25) is 0 Å². The number of aliphatic hydroxyl groups excluding tert-OH is 1. The van der Waals surface area contributed by atoms with Crippen molar-refractivity contribution in [3.8, 4) is 0 Å². The van der Waals surface area contributed by atoms with E-state index in [9.17, 15) is 5.11 Å². The van der Waals surface area contributed by atoms with Gasteiger partial charge in [0.2, 0.25) is 0 Å². The highest BCUT2D eigenvalue weighted by molar-refractivity contribution is 5.14. The molecule has 1 rings (SSSR count). The van der Waals surface area contributed by atoms with Gasteiger partial charge in [0, 0.05) is 0 Å². The Bertz CT molecular complexity index is 259. The van der Waals surface area contributed by atoms with Gasteiger partial charge in [-0.25, -0.2) is 0 Å². The van der Waals surface area contributed by atoms with Crippen molar-refractivity contribution >= 4 is 0 Å². The van der Waals surface area contributed by atoms with E-state index in [4.69, 9.17) is 4.74 Å². The molecule has 1 unspecified atom stereocenters. The molecule has 0 heterocycles. The third-order valence-corrected chi connectivity index (χ3v) is 2.57. The first-order valence-corrected chi connectivity index (χ1v) is 6.16. The van der Waals surface area contributed by atoms with Crippen molar-refractivity contribution in [1.82, 2.24) is 0 Å². The quantitative estimate of drug-likeness (QED) is 0.541. The van der Waals surface area contributed by atoms with E-state index < -0.39 is 6.29 Å². The second-order valence-corrected chi connectivity index (χ2v) is 4.06. The number of aliphatic hydroxyl groups is 1. The molecule has 0 aliphatic carbocycles. The molecule has 0 fully saturated rings. The predicted octanol–water partition coefficient (Wildman–Crippen LogP) is 3.14. The molecule has 90 valence electrons. The third-order valence-electron chi connectivity index (χ3n) is 2.57. The summed E-state index contributed by atoms with van der Waals surface area (Å²) in [7, 11) is 0. The summed E-state index contributed by atoms with van der Waals surface area (Å²) in [6.07, 6.45) is 4.29. The molecule has 1 atom stereocenters. The summed E-state index contributed by atoms with van der Waals surface area (Å²) < 4.78 is 5.32. The van der Waals surface area contributed by atoms with E-state index >= 15 is 0 Å². The van der Waals surface area contributed by atoms with Gasteiger partial charge in [-0.05, 0) is 31.2 Å². The molecule has 0 aromatic heterocycles.